The Labute approximate surface area is 307 Å². The molecule has 0 unspecified atom stereocenters. The fraction of sp³-hybridized carbons (Fsp3) is 0.0392. The summed E-state index contributed by atoms with van der Waals surface area (Å²) in [4.78, 5) is 5.09. The summed E-state index contributed by atoms with van der Waals surface area (Å²) >= 11 is 0. The molecule has 1 spiro atoms. The van der Waals surface area contributed by atoms with Crippen LogP contribution in [0.25, 0.3) is 88.1 Å². The van der Waals surface area contributed by atoms with Gasteiger partial charge in [0.2, 0.25) is 0 Å². The molecule has 2 aliphatic carbocycles. The Morgan fingerprint density at radius 3 is 1.68 bits per heavy atom. The van der Waals surface area contributed by atoms with E-state index in [1.165, 1.54) is 88.0 Å². The second-order valence-electron chi connectivity index (χ2n) is 14.6. The van der Waals surface area contributed by atoms with E-state index in [9.17, 15) is 0 Å². The Kier molecular flexibility index (Phi) is 5.67. The Morgan fingerprint density at radius 1 is 0.415 bits per heavy atom. The summed E-state index contributed by atoms with van der Waals surface area (Å²) in [5.41, 5.74) is 16.0. The molecule has 1 heterocycles. The summed E-state index contributed by atoms with van der Waals surface area (Å²) in [5.74, 6) is 0.971. The average Bonchev–Trinajstić information content (AvgIpc) is 3.84. The summed E-state index contributed by atoms with van der Waals surface area (Å²) in [6.45, 7) is 0. The molecule has 0 saturated heterocycles. The van der Waals surface area contributed by atoms with Gasteiger partial charge in [-0.3, -0.25) is 0 Å². The molecule has 53 heavy (non-hydrogen) atoms. The fourth-order valence-corrected chi connectivity index (χ4v) is 10.1. The molecule has 0 radical (unpaired) electrons. The van der Waals surface area contributed by atoms with Gasteiger partial charge in [0.15, 0.2) is 0 Å². The monoisotopic (exact) mass is 672 g/mol. The van der Waals surface area contributed by atoms with Gasteiger partial charge in [-0.05, 0) is 112 Å². The SMILES string of the molecule is Cn1c(-c2cccc(-c3cc4c(c5ccccc35)-c3c(c5ccccc5c5ccccc35)C43c4ccccc4-c4ccccc43)c2)nc2ccccc21. The Bertz CT molecular complexity index is 3150. The first-order chi connectivity index (χ1) is 26.2. The Hall–Kier alpha value is -6.77. The van der Waals surface area contributed by atoms with Crippen molar-refractivity contribution in [2.45, 2.75) is 5.41 Å². The Morgan fingerprint density at radius 2 is 0.962 bits per heavy atom. The predicted molar refractivity (Wildman–Crippen MR) is 220 cm³/mol. The highest BCUT2D eigenvalue weighted by Gasteiger charge is 2.53. The lowest BCUT2D eigenvalue weighted by Gasteiger charge is -2.32. The van der Waals surface area contributed by atoms with Crippen LogP contribution in [0.2, 0.25) is 0 Å². The summed E-state index contributed by atoms with van der Waals surface area (Å²) in [6, 6.07) is 65.4. The maximum Gasteiger partial charge on any atom is 0.140 e. The first-order valence-electron chi connectivity index (χ1n) is 18.5. The zero-order chi connectivity index (χ0) is 34.8. The number of fused-ring (bicyclic) bond motifs is 18. The van der Waals surface area contributed by atoms with E-state index in [4.69, 9.17) is 4.98 Å². The standard InChI is InChI=1S/C51H32N2/c1-53-46-28-13-12-27-45(46)52-50(53)32-16-14-15-31(29-32)41-30-44-47(38-22-5-3-19-35(38)41)48-39-23-6-2-17-33(39)34-18-4-7-24-40(34)49(48)51(44)42-25-10-8-20-36(42)37-21-9-11-26-43(37)51/h2-30H,1H3. The molecule has 0 amide bonds. The molecule has 246 valence electrons. The maximum absolute atomic E-state index is 5.09. The van der Waals surface area contributed by atoms with Gasteiger partial charge in [0, 0.05) is 12.6 Å². The minimum absolute atomic E-state index is 0.505. The van der Waals surface area contributed by atoms with Gasteiger partial charge in [-0.15, -0.1) is 0 Å². The highest BCUT2D eigenvalue weighted by atomic mass is 15.1. The van der Waals surface area contributed by atoms with E-state index in [1.54, 1.807) is 0 Å². The maximum atomic E-state index is 5.09. The lowest BCUT2D eigenvalue weighted by atomic mass is 9.68. The number of rotatable bonds is 2. The van der Waals surface area contributed by atoms with E-state index >= 15 is 0 Å². The third-order valence-corrected chi connectivity index (χ3v) is 12.2. The normalized spacial score (nSPS) is 13.5. The van der Waals surface area contributed by atoms with Crippen molar-refractivity contribution in [1.29, 1.82) is 0 Å². The zero-order valence-electron chi connectivity index (χ0n) is 29.1. The molecule has 2 heteroatoms. The summed E-state index contributed by atoms with van der Waals surface area (Å²) in [7, 11) is 2.12. The molecule has 0 aliphatic heterocycles. The molecule has 1 aromatic heterocycles. The number of para-hydroxylation sites is 2. The smallest absolute Gasteiger partial charge is 0.140 e. The molecule has 12 rings (SSSR count). The van der Waals surface area contributed by atoms with Crippen molar-refractivity contribution in [3.05, 3.63) is 198 Å². The predicted octanol–water partition coefficient (Wildman–Crippen LogP) is 12.7. The molecule has 0 saturated carbocycles. The Balaban J connectivity index is 1.26. The molecule has 9 aromatic carbocycles. The van der Waals surface area contributed by atoms with Gasteiger partial charge in [0.05, 0.1) is 16.4 Å². The molecular formula is C51H32N2. The van der Waals surface area contributed by atoms with Crippen molar-refractivity contribution >= 4 is 43.4 Å². The number of imidazole rings is 1. The highest BCUT2D eigenvalue weighted by molar-refractivity contribution is 6.24. The van der Waals surface area contributed by atoms with Gasteiger partial charge >= 0.3 is 0 Å². The van der Waals surface area contributed by atoms with Crippen LogP contribution < -0.4 is 0 Å². The number of aromatic nitrogens is 2. The lowest BCUT2D eigenvalue weighted by Crippen LogP contribution is -2.26. The second kappa shape index (κ2) is 10.4. The first-order valence-corrected chi connectivity index (χ1v) is 18.5. The molecule has 2 aliphatic rings. The van der Waals surface area contributed by atoms with Gasteiger partial charge in [0.1, 0.15) is 5.82 Å². The number of hydrogen-bond acceptors (Lipinski definition) is 1. The minimum Gasteiger partial charge on any atom is -0.327 e. The lowest BCUT2D eigenvalue weighted by molar-refractivity contribution is 0.803. The third kappa shape index (κ3) is 3.60. The van der Waals surface area contributed by atoms with Crippen LogP contribution in [0.3, 0.4) is 0 Å². The molecule has 2 nitrogen and oxygen atoms in total. The van der Waals surface area contributed by atoms with Crippen LogP contribution in [0.15, 0.2) is 176 Å². The topological polar surface area (TPSA) is 17.8 Å². The molecule has 10 aromatic rings. The van der Waals surface area contributed by atoms with E-state index in [2.05, 4.69) is 188 Å². The third-order valence-electron chi connectivity index (χ3n) is 12.2. The van der Waals surface area contributed by atoms with Crippen molar-refractivity contribution in [3.63, 3.8) is 0 Å². The van der Waals surface area contributed by atoms with Crippen molar-refractivity contribution in [2.24, 2.45) is 7.05 Å². The second-order valence-corrected chi connectivity index (χ2v) is 14.6. The number of aryl methyl sites for hydroxylation is 1. The van der Waals surface area contributed by atoms with Crippen molar-refractivity contribution in [3.8, 4) is 44.8 Å². The average molecular weight is 673 g/mol. The van der Waals surface area contributed by atoms with Gasteiger partial charge in [-0.1, -0.05) is 152 Å². The molecule has 0 atom stereocenters. The van der Waals surface area contributed by atoms with E-state index in [1.807, 2.05) is 0 Å². The molecule has 0 N–H and O–H groups in total. The van der Waals surface area contributed by atoms with Crippen LogP contribution in [-0.4, -0.2) is 9.55 Å². The van der Waals surface area contributed by atoms with Gasteiger partial charge in [0.25, 0.3) is 0 Å². The van der Waals surface area contributed by atoms with Crippen LogP contribution >= 0.6 is 0 Å². The highest BCUT2D eigenvalue weighted by Crippen LogP contribution is 2.67. The fourth-order valence-electron chi connectivity index (χ4n) is 10.1. The van der Waals surface area contributed by atoms with Crippen LogP contribution in [0.1, 0.15) is 22.3 Å². The van der Waals surface area contributed by atoms with Gasteiger partial charge in [-0.2, -0.15) is 0 Å². The van der Waals surface area contributed by atoms with Crippen molar-refractivity contribution in [2.75, 3.05) is 0 Å². The largest absolute Gasteiger partial charge is 0.327 e. The number of nitrogens with zero attached hydrogens (tertiary/aromatic N) is 2. The summed E-state index contributed by atoms with van der Waals surface area (Å²) < 4.78 is 2.21. The van der Waals surface area contributed by atoms with E-state index in [0.717, 1.165) is 22.4 Å². The molecular weight excluding hydrogens is 641 g/mol. The first kappa shape index (κ1) is 28.9. The quantitative estimate of drug-likeness (QED) is 0.167. The number of hydrogen-bond donors (Lipinski definition) is 0. The molecule has 0 fully saturated rings. The summed E-state index contributed by atoms with van der Waals surface area (Å²) in [6.07, 6.45) is 0. The number of benzene rings is 9. The molecule has 0 bridgehead atoms. The van der Waals surface area contributed by atoms with E-state index in [0.29, 0.717) is 0 Å². The van der Waals surface area contributed by atoms with Crippen LogP contribution in [0.4, 0.5) is 0 Å². The van der Waals surface area contributed by atoms with E-state index in [-0.39, 0.29) is 0 Å². The van der Waals surface area contributed by atoms with Crippen molar-refractivity contribution in [1.82, 2.24) is 9.55 Å². The zero-order valence-corrected chi connectivity index (χ0v) is 29.1. The minimum atomic E-state index is -0.505. The summed E-state index contributed by atoms with van der Waals surface area (Å²) in [5, 5.41) is 7.77. The van der Waals surface area contributed by atoms with Crippen LogP contribution in [0, 0.1) is 0 Å². The van der Waals surface area contributed by atoms with Gasteiger partial charge < -0.3 is 4.57 Å². The van der Waals surface area contributed by atoms with Crippen molar-refractivity contribution < 1.29 is 0 Å². The van der Waals surface area contributed by atoms with E-state index < -0.39 is 5.41 Å². The van der Waals surface area contributed by atoms with Crippen LogP contribution in [-0.2, 0) is 12.5 Å². The van der Waals surface area contributed by atoms with Crippen LogP contribution in [0.5, 0.6) is 0 Å². The van der Waals surface area contributed by atoms with Gasteiger partial charge in [-0.25, -0.2) is 4.98 Å².